The summed E-state index contributed by atoms with van der Waals surface area (Å²) in [5.74, 6) is -0.329. The Hall–Kier alpha value is -2.12. The van der Waals surface area contributed by atoms with Crippen molar-refractivity contribution in [1.29, 1.82) is 0 Å². The highest BCUT2D eigenvalue weighted by atomic mass is 79.9. The van der Waals surface area contributed by atoms with Gasteiger partial charge in [0.25, 0.3) is 11.6 Å². The van der Waals surface area contributed by atoms with Crippen molar-refractivity contribution in [3.63, 3.8) is 0 Å². The van der Waals surface area contributed by atoms with Crippen LogP contribution in [-0.4, -0.2) is 23.9 Å². The van der Waals surface area contributed by atoms with Gasteiger partial charge in [0.05, 0.1) is 15.6 Å². The largest absolute Gasteiger partial charge is 0.366 e. The summed E-state index contributed by atoms with van der Waals surface area (Å²) >= 11 is 9.49. The third-order valence-electron chi connectivity index (χ3n) is 4.04. The molecule has 1 N–H and O–H groups in total. The number of nitro benzene ring substituents is 1. The van der Waals surface area contributed by atoms with Gasteiger partial charge in [-0.25, -0.2) is 0 Å². The van der Waals surface area contributed by atoms with Crippen molar-refractivity contribution in [3.05, 3.63) is 61.6 Å². The van der Waals surface area contributed by atoms with Gasteiger partial charge in [-0.1, -0.05) is 33.6 Å². The normalized spacial score (nSPS) is 13.8. The van der Waals surface area contributed by atoms with Gasteiger partial charge in [-0.05, 0) is 37.1 Å². The number of carbonyl (C=O) groups is 1. The maximum atomic E-state index is 12.4. The molecule has 8 heteroatoms. The molecular weight excluding hydrogens is 410 g/mol. The average molecular weight is 425 g/mol. The highest BCUT2D eigenvalue weighted by Crippen LogP contribution is 2.38. The van der Waals surface area contributed by atoms with Gasteiger partial charge >= 0.3 is 0 Å². The minimum Gasteiger partial charge on any atom is -0.366 e. The van der Waals surface area contributed by atoms with Crippen LogP contribution in [0.5, 0.6) is 0 Å². The molecule has 0 spiro atoms. The molecule has 0 aromatic heterocycles. The van der Waals surface area contributed by atoms with E-state index in [0.29, 0.717) is 16.9 Å². The zero-order chi connectivity index (χ0) is 18.0. The van der Waals surface area contributed by atoms with E-state index in [1.165, 1.54) is 6.07 Å². The Bertz CT molecular complexity index is 838. The molecule has 3 rings (SSSR count). The van der Waals surface area contributed by atoms with Crippen LogP contribution in [0, 0.1) is 10.1 Å². The van der Waals surface area contributed by atoms with Crippen molar-refractivity contribution < 1.29 is 9.72 Å². The van der Waals surface area contributed by atoms with Crippen LogP contribution in [0.15, 0.2) is 40.9 Å². The minimum atomic E-state index is -0.445. The molecule has 1 heterocycles. The Kier molecular flexibility index (Phi) is 5.24. The van der Waals surface area contributed by atoms with Crippen molar-refractivity contribution >= 4 is 50.5 Å². The lowest BCUT2D eigenvalue weighted by molar-refractivity contribution is -0.384. The van der Waals surface area contributed by atoms with Crippen LogP contribution in [0.2, 0.25) is 5.02 Å². The first-order valence-corrected chi connectivity index (χ1v) is 8.92. The fourth-order valence-electron chi connectivity index (χ4n) is 2.83. The predicted molar refractivity (Wildman–Crippen MR) is 102 cm³/mol. The van der Waals surface area contributed by atoms with Crippen LogP contribution in [0.3, 0.4) is 0 Å². The second kappa shape index (κ2) is 7.41. The molecule has 1 aliphatic rings. The highest BCUT2D eigenvalue weighted by molar-refractivity contribution is 9.10. The minimum absolute atomic E-state index is 0.0487. The lowest BCUT2D eigenvalue weighted by Crippen LogP contribution is -2.20. The molecule has 2 aromatic carbocycles. The smallest absolute Gasteiger partial charge is 0.294 e. The zero-order valence-electron chi connectivity index (χ0n) is 13.2. The first-order chi connectivity index (χ1) is 12.0. The van der Waals surface area contributed by atoms with Crippen LogP contribution < -0.4 is 10.2 Å². The Morgan fingerprint density at radius 3 is 2.60 bits per heavy atom. The Morgan fingerprint density at radius 1 is 1.24 bits per heavy atom. The summed E-state index contributed by atoms with van der Waals surface area (Å²) in [6.45, 7) is 1.50. The maximum Gasteiger partial charge on any atom is 0.294 e. The molecule has 0 saturated carbocycles. The Morgan fingerprint density at radius 2 is 1.96 bits per heavy atom. The molecule has 0 aliphatic carbocycles. The molecular formula is C17H15BrClN3O3. The predicted octanol–water partition coefficient (Wildman–Crippen LogP) is 4.86. The zero-order valence-corrected chi connectivity index (χ0v) is 15.5. The van der Waals surface area contributed by atoms with Crippen LogP contribution in [-0.2, 0) is 0 Å². The van der Waals surface area contributed by atoms with E-state index < -0.39 is 4.92 Å². The average Bonchev–Trinajstić information content (AvgIpc) is 3.10. The fraction of sp³-hybridized carbons (Fsp3) is 0.235. The fourth-order valence-corrected chi connectivity index (χ4v) is 3.43. The number of nitrogens with one attached hydrogen (secondary N) is 1. The Labute approximate surface area is 158 Å². The Balaban J connectivity index is 1.94. The van der Waals surface area contributed by atoms with Crippen molar-refractivity contribution in [3.8, 4) is 0 Å². The van der Waals surface area contributed by atoms with Gasteiger partial charge < -0.3 is 10.2 Å². The maximum absolute atomic E-state index is 12.4. The van der Waals surface area contributed by atoms with E-state index in [9.17, 15) is 14.9 Å². The molecule has 1 fully saturated rings. The van der Waals surface area contributed by atoms with Gasteiger partial charge in [0.15, 0.2) is 0 Å². The molecule has 0 atom stereocenters. The van der Waals surface area contributed by atoms with Crippen LogP contribution >= 0.6 is 27.5 Å². The van der Waals surface area contributed by atoms with E-state index in [2.05, 4.69) is 21.2 Å². The van der Waals surface area contributed by atoms with Crippen molar-refractivity contribution in [1.82, 2.24) is 0 Å². The molecule has 0 bridgehead atoms. The number of benzene rings is 2. The number of amides is 1. The number of anilines is 2. The first kappa shape index (κ1) is 17.7. The molecule has 0 radical (unpaired) electrons. The van der Waals surface area contributed by atoms with E-state index >= 15 is 0 Å². The second-order valence-corrected chi connectivity index (χ2v) is 7.06. The summed E-state index contributed by atoms with van der Waals surface area (Å²) in [7, 11) is 0. The summed E-state index contributed by atoms with van der Waals surface area (Å²) < 4.78 is 0.785. The molecule has 2 aromatic rings. The molecule has 1 saturated heterocycles. The van der Waals surface area contributed by atoms with E-state index in [4.69, 9.17) is 11.6 Å². The lowest BCUT2D eigenvalue weighted by atomic mass is 10.2. The van der Waals surface area contributed by atoms with E-state index in [1.807, 2.05) is 11.0 Å². The van der Waals surface area contributed by atoms with Gasteiger partial charge in [0, 0.05) is 29.2 Å². The van der Waals surface area contributed by atoms with Gasteiger partial charge in [0.1, 0.15) is 5.69 Å². The van der Waals surface area contributed by atoms with Crippen molar-refractivity contribution in [2.45, 2.75) is 12.8 Å². The third kappa shape index (κ3) is 3.93. The van der Waals surface area contributed by atoms with E-state index in [1.54, 1.807) is 24.3 Å². The summed E-state index contributed by atoms with van der Waals surface area (Å²) in [6.07, 6.45) is 1.97. The molecule has 130 valence electrons. The lowest BCUT2D eigenvalue weighted by Gasteiger charge is -2.19. The van der Waals surface area contributed by atoms with Gasteiger partial charge in [-0.15, -0.1) is 0 Å². The van der Waals surface area contributed by atoms with E-state index in [0.717, 1.165) is 30.4 Å². The molecule has 6 nitrogen and oxygen atoms in total. The number of nitro groups is 1. The van der Waals surface area contributed by atoms with Crippen LogP contribution in [0.1, 0.15) is 23.2 Å². The SMILES string of the molecule is O=C(Nc1cc(N2CCCC2)c([N+](=O)[O-])cc1Cl)c1cccc(Br)c1. The molecule has 25 heavy (non-hydrogen) atoms. The van der Waals surface area contributed by atoms with Crippen molar-refractivity contribution in [2.24, 2.45) is 0 Å². The number of nitrogens with zero attached hydrogens (tertiary/aromatic N) is 2. The number of carbonyl (C=O) groups excluding carboxylic acids is 1. The van der Waals surface area contributed by atoms with Gasteiger partial charge in [-0.2, -0.15) is 0 Å². The first-order valence-electron chi connectivity index (χ1n) is 7.75. The highest BCUT2D eigenvalue weighted by Gasteiger charge is 2.25. The molecule has 0 unspecified atom stereocenters. The number of hydrogen-bond acceptors (Lipinski definition) is 4. The van der Waals surface area contributed by atoms with Crippen LogP contribution in [0.25, 0.3) is 0 Å². The quantitative estimate of drug-likeness (QED) is 0.561. The second-order valence-electron chi connectivity index (χ2n) is 5.74. The van der Waals surface area contributed by atoms with E-state index in [-0.39, 0.29) is 16.6 Å². The molecule has 1 aliphatic heterocycles. The number of rotatable bonds is 4. The van der Waals surface area contributed by atoms with Gasteiger partial charge in [-0.3, -0.25) is 14.9 Å². The summed E-state index contributed by atoms with van der Waals surface area (Å²) in [5.41, 5.74) is 1.26. The van der Waals surface area contributed by atoms with Gasteiger partial charge in [0.2, 0.25) is 0 Å². The monoisotopic (exact) mass is 423 g/mol. The molecule has 1 amide bonds. The summed E-state index contributed by atoms with van der Waals surface area (Å²) in [6, 6.07) is 9.83. The standard InChI is InChI=1S/C17H15BrClN3O3/c18-12-5-3-4-11(8-12)17(23)20-14-10-15(21-6-1-2-7-21)16(22(24)25)9-13(14)19/h3-5,8-10H,1-2,6-7H2,(H,20,23). The number of hydrogen-bond donors (Lipinski definition) is 1. The van der Waals surface area contributed by atoms with Crippen LogP contribution in [0.4, 0.5) is 17.1 Å². The summed E-state index contributed by atoms with van der Waals surface area (Å²) in [5, 5.41) is 14.2. The topological polar surface area (TPSA) is 75.5 Å². The van der Waals surface area contributed by atoms with Crippen molar-refractivity contribution in [2.75, 3.05) is 23.3 Å². The number of halogens is 2. The third-order valence-corrected chi connectivity index (χ3v) is 4.85. The summed E-state index contributed by atoms with van der Waals surface area (Å²) in [4.78, 5) is 25.3.